The van der Waals surface area contributed by atoms with Gasteiger partial charge in [0, 0.05) is 13.0 Å². The van der Waals surface area contributed by atoms with Gasteiger partial charge in [-0.3, -0.25) is 9.59 Å². The highest BCUT2D eigenvalue weighted by Gasteiger charge is 2.11. The Morgan fingerprint density at radius 1 is 1.20 bits per heavy atom. The molecule has 7 heteroatoms. The minimum atomic E-state index is -0.433. The largest absolute Gasteiger partial charge is 0.469 e. The van der Waals surface area contributed by atoms with Crippen molar-refractivity contribution in [1.29, 1.82) is 0 Å². The molecule has 0 aliphatic carbocycles. The Kier molecular flexibility index (Phi) is 5.00. The molecule has 0 aromatic carbocycles. The van der Waals surface area contributed by atoms with Gasteiger partial charge in [-0.05, 0) is 40.2 Å². The number of rotatable bonds is 6. The SMILES string of the molecule is O=C(CNC(=O)c1ccc(Br)o1)NCCc1ccco1. The summed E-state index contributed by atoms with van der Waals surface area (Å²) in [7, 11) is 0. The summed E-state index contributed by atoms with van der Waals surface area (Å²) in [5.74, 6) is 0.252. The molecule has 2 rings (SSSR count). The van der Waals surface area contributed by atoms with Crippen LogP contribution in [0, 0.1) is 0 Å². The average Bonchev–Trinajstić information content (AvgIpc) is 3.07. The fraction of sp³-hybridized carbons (Fsp3) is 0.231. The van der Waals surface area contributed by atoms with Crippen molar-refractivity contribution in [2.45, 2.75) is 6.42 Å². The molecule has 106 valence electrons. The highest BCUT2D eigenvalue weighted by molar-refractivity contribution is 9.10. The van der Waals surface area contributed by atoms with Crippen LogP contribution >= 0.6 is 15.9 Å². The molecule has 0 spiro atoms. The van der Waals surface area contributed by atoms with Gasteiger partial charge >= 0.3 is 0 Å². The normalized spacial score (nSPS) is 10.2. The lowest BCUT2D eigenvalue weighted by Gasteiger charge is -2.05. The molecular weight excluding hydrogens is 328 g/mol. The summed E-state index contributed by atoms with van der Waals surface area (Å²) in [6, 6.07) is 6.76. The van der Waals surface area contributed by atoms with Crippen molar-refractivity contribution in [3.05, 3.63) is 46.7 Å². The lowest BCUT2D eigenvalue weighted by Crippen LogP contribution is -2.37. The van der Waals surface area contributed by atoms with Gasteiger partial charge in [-0.25, -0.2) is 0 Å². The van der Waals surface area contributed by atoms with Crippen molar-refractivity contribution in [2.24, 2.45) is 0 Å². The summed E-state index contributed by atoms with van der Waals surface area (Å²) in [5, 5.41) is 5.15. The molecule has 0 fully saturated rings. The average molecular weight is 341 g/mol. The van der Waals surface area contributed by atoms with E-state index in [1.165, 1.54) is 6.07 Å². The lowest BCUT2D eigenvalue weighted by atomic mass is 10.3. The first-order chi connectivity index (χ1) is 9.65. The molecule has 0 saturated heterocycles. The number of furan rings is 2. The maximum Gasteiger partial charge on any atom is 0.287 e. The second-order valence-corrected chi connectivity index (χ2v) is 4.75. The molecule has 0 saturated carbocycles. The molecule has 2 aromatic rings. The van der Waals surface area contributed by atoms with Gasteiger partial charge in [-0.1, -0.05) is 0 Å². The molecule has 2 N–H and O–H groups in total. The van der Waals surface area contributed by atoms with E-state index in [2.05, 4.69) is 26.6 Å². The van der Waals surface area contributed by atoms with E-state index in [0.717, 1.165) is 5.76 Å². The molecule has 6 nitrogen and oxygen atoms in total. The van der Waals surface area contributed by atoms with Crippen LogP contribution in [-0.2, 0) is 11.2 Å². The van der Waals surface area contributed by atoms with E-state index in [1.807, 2.05) is 6.07 Å². The number of halogens is 1. The first kappa shape index (κ1) is 14.4. The van der Waals surface area contributed by atoms with Crippen LogP contribution in [-0.4, -0.2) is 24.9 Å². The molecule has 2 heterocycles. The fourth-order valence-electron chi connectivity index (χ4n) is 1.53. The summed E-state index contributed by atoms with van der Waals surface area (Å²) in [6.45, 7) is 0.351. The van der Waals surface area contributed by atoms with E-state index in [1.54, 1.807) is 18.4 Å². The third-order valence-electron chi connectivity index (χ3n) is 2.48. The van der Waals surface area contributed by atoms with Crippen molar-refractivity contribution in [3.63, 3.8) is 0 Å². The van der Waals surface area contributed by atoms with E-state index < -0.39 is 5.91 Å². The number of nitrogens with one attached hydrogen (secondary N) is 2. The fourth-order valence-corrected chi connectivity index (χ4v) is 1.83. The van der Waals surface area contributed by atoms with Crippen LogP contribution in [0.4, 0.5) is 0 Å². The zero-order chi connectivity index (χ0) is 14.4. The molecule has 0 atom stereocenters. The number of amides is 2. The van der Waals surface area contributed by atoms with Crippen molar-refractivity contribution in [1.82, 2.24) is 10.6 Å². The van der Waals surface area contributed by atoms with Gasteiger partial charge in [-0.2, -0.15) is 0 Å². The summed E-state index contributed by atoms with van der Waals surface area (Å²) < 4.78 is 10.7. The first-order valence-corrected chi connectivity index (χ1v) is 6.77. The summed E-state index contributed by atoms with van der Waals surface area (Å²) in [6.07, 6.45) is 2.19. The predicted molar refractivity (Wildman–Crippen MR) is 74.2 cm³/mol. The van der Waals surface area contributed by atoms with Gasteiger partial charge in [0.05, 0.1) is 12.8 Å². The zero-order valence-corrected chi connectivity index (χ0v) is 12.1. The van der Waals surface area contributed by atoms with Gasteiger partial charge < -0.3 is 19.5 Å². The third kappa shape index (κ3) is 4.27. The molecule has 20 heavy (non-hydrogen) atoms. The van der Waals surface area contributed by atoms with Gasteiger partial charge in [0.25, 0.3) is 5.91 Å². The first-order valence-electron chi connectivity index (χ1n) is 5.98. The number of carbonyl (C=O) groups is 2. The lowest BCUT2D eigenvalue weighted by molar-refractivity contribution is -0.120. The standard InChI is InChI=1S/C13H13BrN2O4/c14-11-4-3-10(20-11)13(18)16-8-12(17)15-6-5-9-2-1-7-19-9/h1-4,7H,5-6,8H2,(H,15,17)(H,16,18). The number of carbonyl (C=O) groups excluding carboxylic acids is 2. The zero-order valence-electron chi connectivity index (χ0n) is 10.5. The highest BCUT2D eigenvalue weighted by atomic mass is 79.9. The maximum absolute atomic E-state index is 11.6. The minimum Gasteiger partial charge on any atom is -0.469 e. The molecule has 0 bridgehead atoms. The summed E-state index contributed by atoms with van der Waals surface area (Å²) in [4.78, 5) is 23.1. The Hall–Kier alpha value is -2.02. The van der Waals surface area contributed by atoms with Crippen LogP contribution in [0.25, 0.3) is 0 Å². The molecule has 0 aliphatic heterocycles. The van der Waals surface area contributed by atoms with E-state index in [9.17, 15) is 9.59 Å². The Labute approximate surface area is 123 Å². The quantitative estimate of drug-likeness (QED) is 0.838. The monoisotopic (exact) mass is 340 g/mol. The summed E-state index contributed by atoms with van der Waals surface area (Å²) >= 11 is 3.10. The van der Waals surface area contributed by atoms with Gasteiger partial charge in [0.15, 0.2) is 10.4 Å². The Bertz CT molecular complexity index is 577. The van der Waals surface area contributed by atoms with E-state index in [4.69, 9.17) is 8.83 Å². The third-order valence-corrected chi connectivity index (χ3v) is 2.91. The molecule has 0 aliphatic rings. The Morgan fingerprint density at radius 3 is 2.70 bits per heavy atom. The van der Waals surface area contributed by atoms with E-state index >= 15 is 0 Å². The van der Waals surface area contributed by atoms with Crippen molar-refractivity contribution >= 4 is 27.7 Å². The van der Waals surface area contributed by atoms with Crippen molar-refractivity contribution in [3.8, 4) is 0 Å². The van der Waals surface area contributed by atoms with Crippen LogP contribution in [0.2, 0.25) is 0 Å². The maximum atomic E-state index is 11.6. The smallest absolute Gasteiger partial charge is 0.287 e. The van der Waals surface area contributed by atoms with Crippen LogP contribution < -0.4 is 10.6 Å². The van der Waals surface area contributed by atoms with Crippen LogP contribution in [0.1, 0.15) is 16.3 Å². The van der Waals surface area contributed by atoms with Crippen LogP contribution in [0.5, 0.6) is 0 Å². The minimum absolute atomic E-state index is 0.102. The summed E-state index contributed by atoms with van der Waals surface area (Å²) in [5.41, 5.74) is 0. The van der Waals surface area contributed by atoms with Crippen molar-refractivity contribution < 1.29 is 18.4 Å². The van der Waals surface area contributed by atoms with Crippen LogP contribution in [0.15, 0.2) is 44.0 Å². The van der Waals surface area contributed by atoms with E-state index in [0.29, 0.717) is 17.6 Å². The van der Waals surface area contributed by atoms with E-state index in [-0.39, 0.29) is 18.2 Å². The number of hydrogen-bond donors (Lipinski definition) is 2. The molecule has 2 amide bonds. The topological polar surface area (TPSA) is 84.5 Å². The molecule has 0 radical (unpaired) electrons. The number of hydrogen-bond acceptors (Lipinski definition) is 4. The van der Waals surface area contributed by atoms with Gasteiger partial charge in [0.1, 0.15) is 5.76 Å². The second-order valence-electron chi connectivity index (χ2n) is 3.97. The molecule has 2 aromatic heterocycles. The van der Waals surface area contributed by atoms with Crippen LogP contribution in [0.3, 0.4) is 0 Å². The highest BCUT2D eigenvalue weighted by Crippen LogP contribution is 2.13. The Morgan fingerprint density at radius 2 is 2.05 bits per heavy atom. The predicted octanol–water partition coefficient (Wildman–Crippen LogP) is 1.72. The molecule has 0 unspecified atom stereocenters. The van der Waals surface area contributed by atoms with Gasteiger partial charge in [0.2, 0.25) is 5.91 Å². The van der Waals surface area contributed by atoms with Crippen molar-refractivity contribution in [2.75, 3.05) is 13.1 Å². The Balaban J connectivity index is 1.66. The van der Waals surface area contributed by atoms with Gasteiger partial charge in [-0.15, -0.1) is 0 Å². The second kappa shape index (κ2) is 6.95. The molecular formula is C13H13BrN2O4.